The number of anilines is 1. The summed E-state index contributed by atoms with van der Waals surface area (Å²) in [5.41, 5.74) is 6.95. The predicted molar refractivity (Wildman–Crippen MR) is 71.8 cm³/mol. The second kappa shape index (κ2) is 6.46. The van der Waals surface area contributed by atoms with Crippen molar-refractivity contribution in [3.05, 3.63) is 47.5 Å². The molecule has 0 amide bonds. The average Bonchev–Trinajstić information content (AvgIpc) is 2.46. The third kappa shape index (κ3) is 3.41. The van der Waals surface area contributed by atoms with Crippen molar-refractivity contribution in [2.45, 2.75) is 6.61 Å². The Labute approximate surface area is 115 Å². The molecule has 0 saturated heterocycles. The molecule has 1 heterocycles. The molecule has 0 saturated carbocycles. The molecular formula is C13H13FN4O2. The summed E-state index contributed by atoms with van der Waals surface area (Å²) in [6, 6.07) is 5.98. The van der Waals surface area contributed by atoms with Crippen molar-refractivity contribution in [2.75, 3.05) is 12.8 Å². The number of aromatic nitrogens is 2. The highest BCUT2D eigenvalue weighted by atomic mass is 19.1. The lowest BCUT2D eigenvalue weighted by Gasteiger charge is -2.08. The number of oxime groups is 1. The molecule has 0 aliphatic rings. The molecule has 104 valence electrons. The molecule has 1 aromatic carbocycles. The lowest BCUT2D eigenvalue weighted by Crippen LogP contribution is -2.05. The first-order valence-corrected chi connectivity index (χ1v) is 5.75. The molecule has 6 nitrogen and oxygen atoms in total. The topological polar surface area (TPSA) is 82.6 Å². The minimum atomic E-state index is -0.298. The fourth-order valence-electron chi connectivity index (χ4n) is 1.47. The van der Waals surface area contributed by atoms with Gasteiger partial charge < -0.3 is 15.3 Å². The van der Waals surface area contributed by atoms with Gasteiger partial charge in [-0.15, -0.1) is 0 Å². The first-order valence-electron chi connectivity index (χ1n) is 5.75. The second-order valence-corrected chi connectivity index (χ2v) is 3.81. The summed E-state index contributed by atoms with van der Waals surface area (Å²) < 4.78 is 18.3. The third-order valence-corrected chi connectivity index (χ3v) is 2.45. The van der Waals surface area contributed by atoms with E-state index < -0.39 is 0 Å². The van der Waals surface area contributed by atoms with Crippen LogP contribution in [-0.4, -0.2) is 23.3 Å². The van der Waals surface area contributed by atoms with Gasteiger partial charge in [-0.25, -0.2) is 14.4 Å². The van der Waals surface area contributed by atoms with Gasteiger partial charge in [0.25, 0.3) is 0 Å². The molecule has 0 spiro atoms. The Morgan fingerprint density at radius 3 is 2.75 bits per heavy atom. The second-order valence-electron chi connectivity index (χ2n) is 3.81. The van der Waals surface area contributed by atoms with Crippen LogP contribution >= 0.6 is 0 Å². The maximum atomic E-state index is 12.8. The summed E-state index contributed by atoms with van der Waals surface area (Å²) in [4.78, 5) is 12.4. The zero-order chi connectivity index (χ0) is 14.4. The quantitative estimate of drug-likeness (QED) is 0.664. The van der Waals surface area contributed by atoms with Crippen molar-refractivity contribution < 1.29 is 14.0 Å². The van der Waals surface area contributed by atoms with Crippen LogP contribution in [0.15, 0.2) is 35.7 Å². The van der Waals surface area contributed by atoms with Crippen molar-refractivity contribution in [3.8, 4) is 5.88 Å². The van der Waals surface area contributed by atoms with Gasteiger partial charge in [0.2, 0.25) is 5.88 Å². The Kier molecular flexibility index (Phi) is 4.43. The van der Waals surface area contributed by atoms with E-state index in [-0.39, 0.29) is 24.1 Å². The molecule has 0 fully saturated rings. The van der Waals surface area contributed by atoms with Crippen molar-refractivity contribution in [1.82, 2.24) is 9.97 Å². The van der Waals surface area contributed by atoms with Crippen LogP contribution in [-0.2, 0) is 11.4 Å². The summed E-state index contributed by atoms with van der Waals surface area (Å²) in [5, 5.41) is 3.62. The lowest BCUT2D eigenvalue weighted by molar-refractivity contribution is 0.215. The van der Waals surface area contributed by atoms with Crippen molar-refractivity contribution in [1.29, 1.82) is 0 Å². The maximum Gasteiger partial charge on any atom is 0.228 e. The molecule has 0 unspecified atom stereocenters. The molecule has 7 heteroatoms. The van der Waals surface area contributed by atoms with Gasteiger partial charge in [0.1, 0.15) is 37.2 Å². The highest BCUT2D eigenvalue weighted by molar-refractivity contribution is 5.87. The Bertz CT molecular complexity index is 602. The number of halogens is 1. The summed E-state index contributed by atoms with van der Waals surface area (Å²) in [7, 11) is 1.41. The van der Waals surface area contributed by atoms with Crippen LogP contribution in [0.2, 0.25) is 0 Å². The van der Waals surface area contributed by atoms with Gasteiger partial charge in [0.15, 0.2) is 0 Å². The van der Waals surface area contributed by atoms with E-state index >= 15 is 0 Å². The van der Waals surface area contributed by atoms with Crippen molar-refractivity contribution in [2.24, 2.45) is 5.16 Å². The molecule has 0 aliphatic heterocycles. The molecule has 2 aromatic rings. The molecule has 2 rings (SSSR count). The van der Waals surface area contributed by atoms with Crippen LogP contribution in [0.25, 0.3) is 0 Å². The average molecular weight is 276 g/mol. The molecule has 0 bridgehead atoms. The van der Waals surface area contributed by atoms with E-state index in [1.807, 2.05) is 0 Å². The summed E-state index contributed by atoms with van der Waals surface area (Å²) in [5.74, 6) is 0.213. The van der Waals surface area contributed by atoms with E-state index in [0.29, 0.717) is 5.56 Å². The largest absolute Gasteiger partial charge is 0.472 e. The van der Waals surface area contributed by atoms with Gasteiger partial charge in [-0.05, 0) is 17.7 Å². The molecular weight excluding hydrogens is 263 g/mol. The molecule has 0 radical (unpaired) electrons. The predicted octanol–water partition coefficient (Wildman–Crippen LogP) is 1.76. The van der Waals surface area contributed by atoms with Gasteiger partial charge in [0, 0.05) is 0 Å². The normalized spacial score (nSPS) is 10.7. The number of hydrogen-bond acceptors (Lipinski definition) is 6. The lowest BCUT2D eigenvalue weighted by atomic mass is 10.2. The first kappa shape index (κ1) is 13.7. The zero-order valence-electron chi connectivity index (χ0n) is 10.8. The van der Waals surface area contributed by atoms with Crippen LogP contribution in [0, 0.1) is 5.82 Å². The fourth-order valence-corrected chi connectivity index (χ4v) is 1.47. The first-order chi connectivity index (χ1) is 9.70. The minimum absolute atomic E-state index is 0.227. The molecule has 1 aromatic heterocycles. The van der Waals surface area contributed by atoms with E-state index in [1.165, 1.54) is 31.8 Å². The Hall–Kier alpha value is -2.70. The number of rotatable bonds is 5. The van der Waals surface area contributed by atoms with Gasteiger partial charge in [-0.1, -0.05) is 17.3 Å². The summed E-state index contributed by atoms with van der Waals surface area (Å²) in [6.07, 6.45) is 2.66. The van der Waals surface area contributed by atoms with Crippen LogP contribution in [0.5, 0.6) is 5.88 Å². The summed E-state index contributed by atoms with van der Waals surface area (Å²) in [6.45, 7) is 0.227. The number of nitrogens with zero attached hydrogens (tertiary/aromatic N) is 3. The van der Waals surface area contributed by atoms with E-state index in [2.05, 4.69) is 20.0 Å². The molecule has 2 N–H and O–H groups in total. The monoisotopic (exact) mass is 276 g/mol. The number of nitrogen functional groups attached to an aromatic ring is 1. The Morgan fingerprint density at radius 1 is 1.30 bits per heavy atom. The number of hydrogen-bond donors (Lipinski definition) is 1. The third-order valence-electron chi connectivity index (χ3n) is 2.45. The van der Waals surface area contributed by atoms with Gasteiger partial charge in [-0.2, -0.15) is 0 Å². The van der Waals surface area contributed by atoms with E-state index in [4.69, 9.17) is 10.5 Å². The SMILES string of the molecule is CO/N=C\c1c(N)ncnc1OCc1ccc(F)cc1. The molecule has 20 heavy (non-hydrogen) atoms. The van der Waals surface area contributed by atoms with Crippen LogP contribution < -0.4 is 10.5 Å². The van der Waals surface area contributed by atoms with Crippen molar-refractivity contribution in [3.63, 3.8) is 0 Å². The fraction of sp³-hybridized carbons (Fsp3) is 0.154. The number of nitrogens with two attached hydrogens (primary N) is 1. The smallest absolute Gasteiger partial charge is 0.228 e. The molecule has 0 atom stereocenters. The Morgan fingerprint density at radius 2 is 2.05 bits per heavy atom. The Balaban J connectivity index is 2.14. The highest BCUT2D eigenvalue weighted by Gasteiger charge is 2.09. The van der Waals surface area contributed by atoms with Crippen LogP contribution in [0.4, 0.5) is 10.2 Å². The number of ether oxygens (including phenoxy) is 1. The molecule has 0 aliphatic carbocycles. The standard InChI is InChI=1S/C13H13FN4O2/c1-19-18-6-11-12(15)16-8-17-13(11)20-7-9-2-4-10(14)5-3-9/h2-6,8H,7H2,1H3,(H2,15,16,17)/b18-6-. The van der Waals surface area contributed by atoms with E-state index in [1.54, 1.807) is 12.1 Å². The maximum absolute atomic E-state index is 12.8. The van der Waals surface area contributed by atoms with Crippen LogP contribution in [0.3, 0.4) is 0 Å². The van der Waals surface area contributed by atoms with Crippen LogP contribution in [0.1, 0.15) is 11.1 Å². The number of benzene rings is 1. The minimum Gasteiger partial charge on any atom is -0.472 e. The summed E-state index contributed by atoms with van der Waals surface area (Å²) >= 11 is 0. The van der Waals surface area contributed by atoms with E-state index in [9.17, 15) is 4.39 Å². The van der Waals surface area contributed by atoms with Crippen molar-refractivity contribution >= 4 is 12.0 Å². The van der Waals surface area contributed by atoms with E-state index in [0.717, 1.165) is 5.56 Å². The highest BCUT2D eigenvalue weighted by Crippen LogP contribution is 2.18. The van der Waals surface area contributed by atoms with Gasteiger partial charge in [-0.3, -0.25) is 0 Å². The van der Waals surface area contributed by atoms with Gasteiger partial charge >= 0.3 is 0 Å². The van der Waals surface area contributed by atoms with Gasteiger partial charge in [0.05, 0.1) is 6.21 Å². The zero-order valence-corrected chi connectivity index (χ0v) is 10.8.